The Kier molecular flexibility index (Phi) is 8.86. The Bertz CT molecular complexity index is 1130. The predicted octanol–water partition coefficient (Wildman–Crippen LogP) is 9.85. The van der Waals surface area contributed by atoms with Crippen LogP contribution in [0.5, 0.6) is 0 Å². The van der Waals surface area contributed by atoms with Gasteiger partial charge in [0.2, 0.25) is 0 Å². The Hall–Kier alpha value is -2.64. The van der Waals surface area contributed by atoms with Gasteiger partial charge in [0.25, 0.3) is 0 Å². The Labute approximate surface area is 233 Å². The van der Waals surface area contributed by atoms with E-state index in [1.807, 2.05) is 0 Å². The molecule has 0 bridgehead atoms. The third-order valence-corrected chi connectivity index (χ3v) is 9.15. The lowest BCUT2D eigenvalue weighted by molar-refractivity contribution is 1.35. The molecule has 4 rings (SSSR count). The van der Waals surface area contributed by atoms with Crippen LogP contribution in [0.1, 0.15) is 22.3 Å². The fourth-order valence-corrected chi connectivity index (χ4v) is 6.26. The van der Waals surface area contributed by atoms with Gasteiger partial charge in [-0.2, -0.15) is 0 Å². The van der Waals surface area contributed by atoms with Crippen molar-refractivity contribution in [2.75, 3.05) is 9.80 Å². The summed E-state index contributed by atoms with van der Waals surface area (Å²) in [5, 5.41) is 0. The van der Waals surface area contributed by atoms with Crippen LogP contribution in [0.3, 0.4) is 0 Å². The number of anilines is 4. The van der Waals surface area contributed by atoms with Crippen LogP contribution in [-0.4, -0.2) is 8.64 Å². The maximum atomic E-state index is 5.97. The summed E-state index contributed by atoms with van der Waals surface area (Å²) in [6.45, 7) is 8.36. The van der Waals surface area contributed by atoms with Gasteiger partial charge in [-0.25, -0.2) is 0 Å². The molecule has 4 aromatic carbocycles. The molecule has 0 saturated carbocycles. The van der Waals surface area contributed by atoms with Gasteiger partial charge in [0.05, 0.1) is 0 Å². The molecule has 0 spiro atoms. The number of rotatable bonds is 4. The molecule has 182 valence electrons. The van der Waals surface area contributed by atoms with Crippen molar-refractivity contribution in [2.45, 2.75) is 27.7 Å². The van der Waals surface area contributed by atoms with Gasteiger partial charge in [-0.05, 0) is 97.8 Å². The zero-order chi connectivity index (χ0) is 25.7. The summed E-state index contributed by atoms with van der Waals surface area (Å²) in [4.78, 5) is 4.22. The van der Waals surface area contributed by atoms with Crippen LogP contribution in [0, 0.1) is 27.7 Å². The molecule has 0 N–H and O–H groups in total. The second kappa shape index (κ2) is 12.1. The van der Waals surface area contributed by atoms with Crippen LogP contribution >= 0.6 is 46.0 Å². The third kappa shape index (κ3) is 6.56. The fraction of sp³-hybridized carbons (Fsp3) is 0.133. The molecule has 6 heteroatoms. The van der Waals surface area contributed by atoms with Crippen LogP contribution < -0.4 is 9.80 Å². The highest BCUT2D eigenvalue weighted by Crippen LogP contribution is 2.38. The Morgan fingerprint density at radius 2 is 0.611 bits per heavy atom. The summed E-state index contributed by atoms with van der Waals surface area (Å²) in [5.41, 5.74) is 8.97. The first-order chi connectivity index (χ1) is 17.3. The van der Waals surface area contributed by atoms with Crippen molar-refractivity contribution in [3.63, 3.8) is 0 Å². The standard InChI is InChI=1S/C30H28N2S4/c1-21-5-13-25(14-6-21)31(26-15-7-22(2)8-16-26)29(33)35-36-30(34)32(27-17-9-23(3)10-18-27)28-19-11-24(4)12-20-28/h5-20H,1-4H3. The number of hydrogen-bond donors (Lipinski definition) is 0. The molecule has 0 aliphatic heterocycles. The average Bonchev–Trinajstić information content (AvgIpc) is 2.87. The molecule has 0 saturated heterocycles. The second-order valence-electron chi connectivity index (χ2n) is 8.71. The highest BCUT2D eigenvalue weighted by Gasteiger charge is 2.20. The predicted molar refractivity (Wildman–Crippen MR) is 169 cm³/mol. The number of benzene rings is 4. The third-order valence-electron chi connectivity index (χ3n) is 5.72. The SMILES string of the molecule is Cc1ccc(N(C(=S)SSC(=S)N(c2ccc(C)cc2)c2ccc(C)cc2)c2ccc(C)cc2)cc1. The Morgan fingerprint density at radius 3 is 0.806 bits per heavy atom. The van der Waals surface area contributed by atoms with E-state index in [0.29, 0.717) is 0 Å². The second-order valence-corrected chi connectivity index (χ2v) is 12.1. The largest absolute Gasteiger partial charge is 0.295 e. The molecule has 0 unspecified atom stereocenters. The van der Waals surface area contributed by atoms with Crippen molar-refractivity contribution in [1.29, 1.82) is 0 Å². The highest BCUT2D eigenvalue weighted by molar-refractivity contribution is 8.89. The van der Waals surface area contributed by atoms with Gasteiger partial charge in [0.15, 0.2) is 8.64 Å². The van der Waals surface area contributed by atoms with Gasteiger partial charge >= 0.3 is 0 Å². The smallest absolute Gasteiger partial charge is 0.156 e. The quantitative estimate of drug-likeness (QED) is 0.185. The van der Waals surface area contributed by atoms with Gasteiger partial charge in [-0.3, -0.25) is 9.80 Å². The molecular weight excluding hydrogens is 517 g/mol. The molecule has 0 fully saturated rings. The van der Waals surface area contributed by atoms with Crippen LogP contribution in [0.15, 0.2) is 97.1 Å². The monoisotopic (exact) mass is 544 g/mol. The van der Waals surface area contributed by atoms with Crippen LogP contribution in [-0.2, 0) is 0 Å². The molecule has 0 aliphatic carbocycles. The van der Waals surface area contributed by atoms with Crippen molar-refractivity contribution >= 4 is 77.4 Å². The minimum atomic E-state index is 0.725. The molecule has 0 amide bonds. The first-order valence-electron chi connectivity index (χ1n) is 11.6. The molecule has 36 heavy (non-hydrogen) atoms. The Balaban J connectivity index is 1.59. The lowest BCUT2D eigenvalue weighted by Gasteiger charge is -2.27. The molecule has 0 aliphatic rings. The normalized spacial score (nSPS) is 10.7. The zero-order valence-electron chi connectivity index (χ0n) is 20.8. The van der Waals surface area contributed by atoms with Crippen molar-refractivity contribution < 1.29 is 0 Å². The van der Waals surface area contributed by atoms with E-state index in [0.717, 1.165) is 31.4 Å². The van der Waals surface area contributed by atoms with Crippen molar-refractivity contribution in [3.05, 3.63) is 119 Å². The van der Waals surface area contributed by atoms with E-state index in [2.05, 4.69) is 135 Å². The molecule has 4 aromatic rings. The molecule has 0 heterocycles. The van der Waals surface area contributed by atoms with E-state index in [1.54, 1.807) is 0 Å². The minimum absolute atomic E-state index is 0.725. The van der Waals surface area contributed by atoms with E-state index in [-0.39, 0.29) is 0 Å². The summed E-state index contributed by atoms with van der Waals surface area (Å²) in [7, 11) is 3.01. The lowest BCUT2D eigenvalue weighted by Crippen LogP contribution is -2.23. The van der Waals surface area contributed by atoms with Crippen LogP contribution in [0.25, 0.3) is 0 Å². The molecule has 0 atom stereocenters. The van der Waals surface area contributed by atoms with E-state index >= 15 is 0 Å². The first-order valence-corrected chi connectivity index (χ1v) is 14.6. The van der Waals surface area contributed by atoms with Gasteiger partial charge < -0.3 is 0 Å². The van der Waals surface area contributed by atoms with Crippen molar-refractivity contribution in [1.82, 2.24) is 0 Å². The minimum Gasteiger partial charge on any atom is -0.295 e. The average molecular weight is 545 g/mol. The van der Waals surface area contributed by atoms with E-state index in [4.69, 9.17) is 24.4 Å². The maximum Gasteiger partial charge on any atom is 0.156 e. The summed E-state index contributed by atoms with van der Waals surface area (Å²) in [6.07, 6.45) is 0. The van der Waals surface area contributed by atoms with Crippen molar-refractivity contribution in [2.24, 2.45) is 0 Å². The first kappa shape index (κ1) is 26.4. The summed E-state index contributed by atoms with van der Waals surface area (Å²) in [5.74, 6) is 0. The van der Waals surface area contributed by atoms with E-state index in [1.165, 1.54) is 43.8 Å². The van der Waals surface area contributed by atoms with Crippen LogP contribution in [0.4, 0.5) is 22.7 Å². The maximum absolute atomic E-state index is 5.97. The van der Waals surface area contributed by atoms with Crippen LogP contribution in [0.2, 0.25) is 0 Å². The summed E-state index contributed by atoms with van der Waals surface area (Å²) in [6, 6.07) is 33.7. The number of thiocarbonyl (C=S) groups is 2. The van der Waals surface area contributed by atoms with E-state index < -0.39 is 0 Å². The van der Waals surface area contributed by atoms with Gasteiger partial charge in [-0.1, -0.05) is 95.2 Å². The van der Waals surface area contributed by atoms with Gasteiger partial charge in [0.1, 0.15) is 0 Å². The summed E-state index contributed by atoms with van der Waals surface area (Å²) < 4.78 is 1.45. The van der Waals surface area contributed by atoms with E-state index in [9.17, 15) is 0 Å². The highest BCUT2D eigenvalue weighted by atomic mass is 33.1. The fourth-order valence-electron chi connectivity index (χ4n) is 3.64. The topological polar surface area (TPSA) is 6.48 Å². The summed E-state index contributed by atoms with van der Waals surface area (Å²) >= 11 is 11.9. The number of nitrogens with zero attached hydrogens (tertiary/aromatic N) is 2. The lowest BCUT2D eigenvalue weighted by atomic mass is 10.2. The molecule has 0 radical (unpaired) electrons. The Morgan fingerprint density at radius 1 is 0.417 bits per heavy atom. The van der Waals surface area contributed by atoms with Gasteiger partial charge in [-0.15, -0.1) is 0 Å². The molecular formula is C30H28N2S4. The zero-order valence-corrected chi connectivity index (χ0v) is 24.0. The number of aryl methyl sites for hydroxylation is 4. The molecule has 0 aromatic heterocycles. The van der Waals surface area contributed by atoms with Crippen molar-refractivity contribution in [3.8, 4) is 0 Å². The molecule has 2 nitrogen and oxygen atoms in total. The van der Waals surface area contributed by atoms with Gasteiger partial charge in [0, 0.05) is 22.7 Å². The number of hydrogen-bond acceptors (Lipinski definition) is 4.